The van der Waals surface area contributed by atoms with Gasteiger partial charge >= 0.3 is 0 Å². The van der Waals surface area contributed by atoms with E-state index >= 15 is 0 Å². The highest BCUT2D eigenvalue weighted by atomic mass is 127. The number of amides is 1. The zero-order chi connectivity index (χ0) is 22.4. The first kappa shape index (κ1) is 22.9. The van der Waals surface area contributed by atoms with Gasteiger partial charge in [-0.05, 0) is 96.2 Å². The smallest absolute Gasteiger partial charge is 0.261 e. The van der Waals surface area contributed by atoms with E-state index in [2.05, 4.69) is 32.6 Å². The summed E-state index contributed by atoms with van der Waals surface area (Å²) >= 11 is 2.09. The molecule has 3 rings (SSSR count). The van der Waals surface area contributed by atoms with Crippen molar-refractivity contribution >= 4 is 49.9 Å². The largest absolute Gasteiger partial charge is 0.496 e. The predicted molar refractivity (Wildman–Crippen MR) is 129 cm³/mol. The van der Waals surface area contributed by atoms with Crippen LogP contribution in [0.2, 0.25) is 0 Å². The lowest BCUT2D eigenvalue weighted by Crippen LogP contribution is -2.14. The fourth-order valence-corrected chi connectivity index (χ4v) is 4.52. The number of ether oxygens (including phenoxy) is 2. The molecular formula is C22H21IN2O5S. The van der Waals surface area contributed by atoms with Crippen molar-refractivity contribution in [2.75, 3.05) is 23.8 Å². The number of sulfonamides is 1. The maximum absolute atomic E-state index is 12.6. The molecule has 0 fully saturated rings. The normalized spacial score (nSPS) is 10.9. The lowest BCUT2D eigenvalue weighted by Gasteiger charge is -2.11. The van der Waals surface area contributed by atoms with Crippen LogP contribution in [-0.2, 0) is 10.0 Å². The maximum Gasteiger partial charge on any atom is 0.261 e. The van der Waals surface area contributed by atoms with Crippen molar-refractivity contribution in [2.24, 2.45) is 0 Å². The summed E-state index contributed by atoms with van der Waals surface area (Å²) in [5.41, 5.74) is 1.38. The van der Waals surface area contributed by atoms with Gasteiger partial charge in [0.05, 0.1) is 22.2 Å². The molecule has 0 heterocycles. The average molecular weight is 552 g/mol. The number of nitrogens with one attached hydrogen (secondary N) is 2. The second-order valence-electron chi connectivity index (χ2n) is 6.39. The molecule has 0 unspecified atom stereocenters. The van der Waals surface area contributed by atoms with Gasteiger partial charge in [-0.2, -0.15) is 0 Å². The lowest BCUT2D eigenvalue weighted by atomic mass is 10.2. The number of rotatable bonds is 8. The van der Waals surface area contributed by atoms with Crippen LogP contribution in [0.3, 0.4) is 0 Å². The second-order valence-corrected chi connectivity index (χ2v) is 9.24. The number of carbonyl (C=O) groups is 1. The zero-order valence-electron chi connectivity index (χ0n) is 16.9. The van der Waals surface area contributed by atoms with E-state index in [0.29, 0.717) is 35.0 Å². The Morgan fingerprint density at radius 1 is 0.968 bits per heavy atom. The molecule has 3 aromatic rings. The Hall–Kier alpha value is -2.79. The molecule has 7 nitrogen and oxygen atoms in total. The van der Waals surface area contributed by atoms with Gasteiger partial charge in [0.1, 0.15) is 11.5 Å². The van der Waals surface area contributed by atoms with E-state index in [-0.39, 0.29) is 10.8 Å². The molecule has 0 aliphatic carbocycles. The van der Waals surface area contributed by atoms with Crippen molar-refractivity contribution in [1.29, 1.82) is 0 Å². The van der Waals surface area contributed by atoms with E-state index < -0.39 is 10.0 Å². The first-order valence-corrected chi connectivity index (χ1v) is 11.9. The summed E-state index contributed by atoms with van der Waals surface area (Å²) in [6.07, 6.45) is 0. The number of hydrogen-bond donors (Lipinski definition) is 2. The molecule has 9 heteroatoms. The summed E-state index contributed by atoms with van der Waals surface area (Å²) < 4.78 is 39.1. The van der Waals surface area contributed by atoms with Crippen molar-refractivity contribution in [3.05, 3.63) is 75.9 Å². The molecule has 3 aromatic carbocycles. The minimum absolute atomic E-state index is 0.0818. The number of methoxy groups -OCH3 is 1. The molecule has 0 spiro atoms. The Labute approximate surface area is 195 Å². The van der Waals surface area contributed by atoms with Crippen LogP contribution in [0.25, 0.3) is 0 Å². The topological polar surface area (TPSA) is 93.7 Å². The second kappa shape index (κ2) is 10.0. The fourth-order valence-electron chi connectivity index (χ4n) is 2.73. The Morgan fingerprint density at radius 3 is 2.19 bits per heavy atom. The lowest BCUT2D eigenvalue weighted by molar-refractivity contribution is 0.102. The quantitative estimate of drug-likeness (QED) is 0.394. The standard InChI is InChI=1S/C22H21IN2O5S/c1-3-30-18-9-5-17(6-10-18)25-31(27,28)19-11-7-16(8-12-19)24-22(26)15-4-13-21(29-2)20(23)14-15/h4-14,25H,3H2,1-2H3,(H,24,26). The van der Waals surface area contributed by atoms with E-state index in [1.165, 1.54) is 12.1 Å². The van der Waals surface area contributed by atoms with Crippen molar-refractivity contribution in [2.45, 2.75) is 11.8 Å². The number of hydrogen-bond acceptors (Lipinski definition) is 5. The number of anilines is 2. The monoisotopic (exact) mass is 552 g/mol. The van der Waals surface area contributed by atoms with E-state index in [4.69, 9.17) is 9.47 Å². The van der Waals surface area contributed by atoms with Crippen LogP contribution in [0.1, 0.15) is 17.3 Å². The summed E-state index contributed by atoms with van der Waals surface area (Å²) in [6, 6.07) is 17.7. The summed E-state index contributed by atoms with van der Waals surface area (Å²) in [5.74, 6) is 1.05. The van der Waals surface area contributed by atoms with Crippen LogP contribution in [0.4, 0.5) is 11.4 Å². The van der Waals surface area contributed by atoms with Crippen molar-refractivity contribution in [3.8, 4) is 11.5 Å². The van der Waals surface area contributed by atoms with Crippen LogP contribution in [0.15, 0.2) is 71.6 Å². The molecule has 0 atom stereocenters. The molecule has 0 aliphatic rings. The van der Waals surface area contributed by atoms with Crippen LogP contribution < -0.4 is 19.5 Å². The summed E-state index contributed by atoms with van der Waals surface area (Å²) in [7, 11) is -2.20. The highest BCUT2D eigenvalue weighted by Crippen LogP contribution is 2.23. The van der Waals surface area contributed by atoms with Gasteiger partial charge in [-0.1, -0.05) is 0 Å². The van der Waals surface area contributed by atoms with Gasteiger partial charge in [0, 0.05) is 16.9 Å². The average Bonchev–Trinajstić information content (AvgIpc) is 2.75. The van der Waals surface area contributed by atoms with Gasteiger partial charge in [0.25, 0.3) is 15.9 Å². The number of halogens is 1. The molecule has 0 saturated carbocycles. The molecule has 162 valence electrons. The minimum atomic E-state index is -3.77. The molecule has 0 aromatic heterocycles. The molecule has 1 amide bonds. The van der Waals surface area contributed by atoms with E-state index in [0.717, 1.165) is 3.57 Å². The minimum Gasteiger partial charge on any atom is -0.496 e. The van der Waals surface area contributed by atoms with Gasteiger partial charge in [0.2, 0.25) is 0 Å². The van der Waals surface area contributed by atoms with Gasteiger partial charge in [-0.3, -0.25) is 9.52 Å². The molecule has 0 saturated heterocycles. The summed E-state index contributed by atoms with van der Waals surface area (Å²) in [5, 5.41) is 2.76. The highest BCUT2D eigenvalue weighted by Gasteiger charge is 2.15. The number of benzene rings is 3. The maximum atomic E-state index is 12.6. The molecular weight excluding hydrogens is 531 g/mol. The third-order valence-electron chi connectivity index (χ3n) is 4.25. The first-order valence-electron chi connectivity index (χ1n) is 9.33. The SMILES string of the molecule is CCOc1ccc(NS(=O)(=O)c2ccc(NC(=O)c3ccc(OC)c(I)c3)cc2)cc1. The third-order valence-corrected chi connectivity index (χ3v) is 6.49. The van der Waals surface area contributed by atoms with Gasteiger partial charge in [-0.25, -0.2) is 8.42 Å². The number of carbonyl (C=O) groups excluding carboxylic acids is 1. The summed E-state index contributed by atoms with van der Waals surface area (Å²) in [4.78, 5) is 12.5. The third kappa shape index (κ3) is 5.88. The molecule has 0 radical (unpaired) electrons. The van der Waals surface area contributed by atoms with E-state index in [1.54, 1.807) is 61.7 Å². The van der Waals surface area contributed by atoms with Crippen molar-refractivity contribution in [1.82, 2.24) is 0 Å². The molecule has 0 aliphatic heterocycles. The van der Waals surface area contributed by atoms with E-state index in [1.807, 2.05) is 6.92 Å². The van der Waals surface area contributed by atoms with Crippen LogP contribution >= 0.6 is 22.6 Å². The van der Waals surface area contributed by atoms with Gasteiger partial charge in [0.15, 0.2) is 0 Å². The van der Waals surface area contributed by atoms with E-state index in [9.17, 15) is 13.2 Å². The Morgan fingerprint density at radius 2 is 1.61 bits per heavy atom. The van der Waals surface area contributed by atoms with Crippen molar-refractivity contribution < 1.29 is 22.7 Å². The summed E-state index contributed by atoms with van der Waals surface area (Å²) in [6.45, 7) is 2.41. The Balaban J connectivity index is 1.68. The van der Waals surface area contributed by atoms with Crippen LogP contribution in [-0.4, -0.2) is 28.0 Å². The van der Waals surface area contributed by atoms with Gasteiger partial charge < -0.3 is 14.8 Å². The Bertz CT molecular complexity index is 1160. The highest BCUT2D eigenvalue weighted by molar-refractivity contribution is 14.1. The zero-order valence-corrected chi connectivity index (χ0v) is 19.9. The van der Waals surface area contributed by atoms with Crippen LogP contribution in [0, 0.1) is 3.57 Å². The fraction of sp³-hybridized carbons (Fsp3) is 0.136. The molecule has 2 N–H and O–H groups in total. The van der Waals surface area contributed by atoms with Crippen LogP contribution in [0.5, 0.6) is 11.5 Å². The Kier molecular flexibility index (Phi) is 7.39. The van der Waals surface area contributed by atoms with Crippen molar-refractivity contribution in [3.63, 3.8) is 0 Å². The first-order chi connectivity index (χ1) is 14.8. The molecule has 31 heavy (non-hydrogen) atoms. The van der Waals surface area contributed by atoms with Gasteiger partial charge in [-0.15, -0.1) is 0 Å². The molecule has 0 bridgehead atoms. The predicted octanol–water partition coefficient (Wildman–Crippen LogP) is 4.75.